The van der Waals surface area contributed by atoms with Gasteiger partial charge >= 0.3 is 5.97 Å². The third-order valence-corrected chi connectivity index (χ3v) is 4.60. The van der Waals surface area contributed by atoms with Crippen LogP contribution in [0.15, 0.2) is 47.8 Å². The molecule has 4 nitrogen and oxygen atoms in total. The van der Waals surface area contributed by atoms with Crippen LogP contribution in [0.5, 0.6) is 0 Å². The van der Waals surface area contributed by atoms with Gasteiger partial charge in [-0.05, 0) is 36.4 Å². The Morgan fingerprint density at radius 1 is 1.08 bits per heavy atom. The van der Waals surface area contributed by atoms with E-state index in [0.717, 1.165) is 16.9 Å². The minimum Gasteiger partial charge on any atom is -0.478 e. The van der Waals surface area contributed by atoms with Gasteiger partial charge in [0, 0.05) is 16.6 Å². The molecule has 8 heteroatoms. The van der Waals surface area contributed by atoms with Gasteiger partial charge < -0.3 is 10.4 Å². The van der Waals surface area contributed by atoms with E-state index in [4.69, 9.17) is 28.3 Å². The highest BCUT2D eigenvalue weighted by molar-refractivity contribution is 8.93. The summed E-state index contributed by atoms with van der Waals surface area (Å²) in [6.45, 7) is 0. The molecule has 0 fully saturated rings. The molecule has 124 valence electrons. The molecule has 2 N–H and O–H groups in total. The van der Waals surface area contributed by atoms with Crippen molar-refractivity contribution in [2.24, 2.45) is 0 Å². The van der Waals surface area contributed by atoms with Crippen LogP contribution in [0, 0.1) is 0 Å². The van der Waals surface area contributed by atoms with Crippen molar-refractivity contribution in [3.8, 4) is 11.3 Å². The molecule has 0 saturated carbocycles. The quantitative estimate of drug-likeness (QED) is 0.506. The van der Waals surface area contributed by atoms with Gasteiger partial charge in [-0.1, -0.05) is 29.3 Å². The van der Waals surface area contributed by atoms with E-state index in [2.05, 4.69) is 10.3 Å². The number of aromatic carboxylic acids is 1. The van der Waals surface area contributed by atoms with Gasteiger partial charge in [-0.15, -0.1) is 28.3 Å². The third kappa shape index (κ3) is 4.27. The van der Waals surface area contributed by atoms with Crippen molar-refractivity contribution >= 4 is 68.3 Å². The average molecular weight is 446 g/mol. The zero-order chi connectivity index (χ0) is 16.4. The lowest BCUT2D eigenvalue weighted by molar-refractivity contribution is 0.0697. The first-order chi connectivity index (χ1) is 11.0. The average Bonchev–Trinajstić information content (AvgIpc) is 2.99. The fourth-order valence-corrected chi connectivity index (χ4v) is 2.98. The lowest BCUT2D eigenvalue weighted by Crippen LogP contribution is -1.96. The molecular weight excluding hydrogens is 435 g/mol. The number of aromatic nitrogens is 1. The van der Waals surface area contributed by atoms with Crippen LogP contribution in [0.2, 0.25) is 10.0 Å². The summed E-state index contributed by atoms with van der Waals surface area (Å²) in [5.41, 5.74) is 2.68. The summed E-state index contributed by atoms with van der Waals surface area (Å²) < 4.78 is 0. The van der Waals surface area contributed by atoms with Crippen LogP contribution in [0.25, 0.3) is 11.3 Å². The monoisotopic (exact) mass is 444 g/mol. The van der Waals surface area contributed by atoms with Crippen LogP contribution in [0.1, 0.15) is 10.4 Å². The molecule has 2 aromatic carbocycles. The Bertz CT molecular complexity index is 869. The summed E-state index contributed by atoms with van der Waals surface area (Å²) in [7, 11) is 0. The minimum absolute atomic E-state index is 0. The van der Waals surface area contributed by atoms with E-state index in [-0.39, 0.29) is 22.5 Å². The molecular formula is C16H11BrCl2N2O2S. The lowest BCUT2D eigenvalue weighted by atomic mass is 10.2. The summed E-state index contributed by atoms with van der Waals surface area (Å²) >= 11 is 13.4. The van der Waals surface area contributed by atoms with Crippen molar-refractivity contribution < 1.29 is 9.90 Å². The summed E-state index contributed by atoms with van der Waals surface area (Å²) in [5, 5.41) is 15.6. The largest absolute Gasteiger partial charge is 0.478 e. The number of hydrogen-bond donors (Lipinski definition) is 2. The molecule has 3 aromatic rings. The summed E-state index contributed by atoms with van der Waals surface area (Å²) in [6.07, 6.45) is 0. The van der Waals surface area contributed by atoms with Crippen LogP contribution in [-0.4, -0.2) is 16.1 Å². The molecule has 0 aliphatic carbocycles. The summed E-state index contributed by atoms with van der Waals surface area (Å²) in [4.78, 5) is 15.3. The Hall–Kier alpha value is -1.60. The Kier molecular flexibility index (Phi) is 6.23. The highest BCUT2D eigenvalue weighted by Crippen LogP contribution is 2.31. The van der Waals surface area contributed by atoms with Crippen molar-refractivity contribution in [3.63, 3.8) is 0 Å². The highest BCUT2D eigenvalue weighted by atomic mass is 79.9. The van der Waals surface area contributed by atoms with Crippen molar-refractivity contribution in [2.45, 2.75) is 0 Å². The first-order valence-corrected chi connectivity index (χ1v) is 8.18. The number of halogens is 3. The van der Waals surface area contributed by atoms with Crippen LogP contribution < -0.4 is 5.32 Å². The topological polar surface area (TPSA) is 62.2 Å². The van der Waals surface area contributed by atoms with E-state index in [1.54, 1.807) is 24.3 Å². The zero-order valence-corrected chi connectivity index (χ0v) is 16.0. The van der Waals surface area contributed by atoms with Crippen molar-refractivity contribution in [3.05, 3.63) is 63.5 Å². The van der Waals surface area contributed by atoms with Gasteiger partial charge in [0.15, 0.2) is 5.13 Å². The van der Waals surface area contributed by atoms with E-state index in [0.29, 0.717) is 15.2 Å². The number of thiazole rings is 1. The molecule has 3 rings (SSSR count). The van der Waals surface area contributed by atoms with Gasteiger partial charge in [0.05, 0.1) is 21.3 Å². The molecule has 0 aliphatic heterocycles. The van der Waals surface area contributed by atoms with E-state index in [1.807, 2.05) is 11.4 Å². The van der Waals surface area contributed by atoms with Crippen molar-refractivity contribution in [2.75, 3.05) is 5.32 Å². The van der Waals surface area contributed by atoms with E-state index in [1.165, 1.54) is 23.5 Å². The lowest BCUT2D eigenvalue weighted by Gasteiger charge is -2.03. The van der Waals surface area contributed by atoms with Gasteiger partial charge in [-0.2, -0.15) is 0 Å². The van der Waals surface area contributed by atoms with Crippen LogP contribution in [-0.2, 0) is 0 Å². The van der Waals surface area contributed by atoms with Crippen molar-refractivity contribution in [1.29, 1.82) is 0 Å². The summed E-state index contributed by atoms with van der Waals surface area (Å²) in [5.74, 6) is -0.951. The minimum atomic E-state index is -0.951. The van der Waals surface area contributed by atoms with E-state index >= 15 is 0 Å². The second-order valence-corrected chi connectivity index (χ2v) is 6.35. The Morgan fingerprint density at radius 2 is 1.79 bits per heavy atom. The predicted molar refractivity (Wildman–Crippen MR) is 105 cm³/mol. The number of carboxylic acid groups (broad SMARTS) is 1. The Labute approximate surface area is 162 Å². The number of carboxylic acids is 1. The number of benzene rings is 2. The highest BCUT2D eigenvalue weighted by Gasteiger charge is 2.08. The first-order valence-electron chi connectivity index (χ1n) is 6.54. The van der Waals surface area contributed by atoms with Gasteiger partial charge in [-0.25, -0.2) is 9.78 Å². The van der Waals surface area contributed by atoms with Crippen LogP contribution >= 0.6 is 51.5 Å². The van der Waals surface area contributed by atoms with Gasteiger partial charge in [0.25, 0.3) is 0 Å². The Morgan fingerprint density at radius 3 is 2.42 bits per heavy atom. The molecule has 0 saturated heterocycles. The molecule has 1 heterocycles. The maximum Gasteiger partial charge on any atom is 0.335 e. The first kappa shape index (κ1) is 18.7. The zero-order valence-electron chi connectivity index (χ0n) is 12.0. The number of hydrogen-bond acceptors (Lipinski definition) is 4. The molecule has 24 heavy (non-hydrogen) atoms. The smallest absolute Gasteiger partial charge is 0.335 e. The fourth-order valence-electron chi connectivity index (χ4n) is 1.94. The standard InChI is InChI=1S/C16H10Cl2N2O2S.BrH/c17-12-6-3-10(7-13(12)18)14-8-23-16(20-14)19-11-4-1-9(2-5-11)15(21)22;/h1-8H,(H,19,20)(H,21,22);1H. The second kappa shape index (κ2) is 7.98. The molecule has 1 aromatic heterocycles. The van der Waals surface area contributed by atoms with Crippen molar-refractivity contribution in [1.82, 2.24) is 4.98 Å². The fraction of sp³-hybridized carbons (Fsp3) is 0. The molecule has 0 aliphatic rings. The van der Waals surface area contributed by atoms with Crippen LogP contribution in [0.4, 0.5) is 10.8 Å². The normalized spacial score (nSPS) is 10.1. The third-order valence-electron chi connectivity index (χ3n) is 3.10. The SMILES string of the molecule is Br.O=C(O)c1ccc(Nc2nc(-c3ccc(Cl)c(Cl)c3)cs2)cc1. The van der Waals surface area contributed by atoms with Gasteiger partial charge in [-0.3, -0.25) is 0 Å². The molecule has 0 amide bonds. The van der Waals surface area contributed by atoms with Gasteiger partial charge in [0.2, 0.25) is 0 Å². The van der Waals surface area contributed by atoms with E-state index in [9.17, 15) is 4.79 Å². The molecule has 0 atom stereocenters. The number of nitrogens with one attached hydrogen (secondary N) is 1. The maximum atomic E-state index is 10.8. The summed E-state index contributed by atoms with van der Waals surface area (Å²) in [6, 6.07) is 11.8. The molecule has 0 bridgehead atoms. The second-order valence-electron chi connectivity index (χ2n) is 4.67. The van der Waals surface area contributed by atoms with E-state index < -0.39 is 5.97 Å². The molecule has 0 spiro atoms. The molecule has 0 unspecified atom stereocenters. The predicted octanol–water partition coefficient (Wildman–Crippen LogP) is 6.14. The Balaban J connectivity index is 0.00000208. The number of anilines is 2. The molecule has 0 radical (unpaired) electrons. The number of rotatable bonds is 4. The number of carbonyl (C=O) groups is 1. The van der Waals surface area contributed by atoms with Gasteiger partial charge in [0.1, 0.15) is 0 Å². The maximum absolute atomic E-state index is 10.8. The number of nitrogens with zero attached hydrogens (tertiary/aromatic N) is 1. The van der Waals surface area contributed by atoms with Crippen LogP contribution in [0.3, 0.4) is 0 Å².